The molecule has 0 bridgehead atoms. The van der Waals surface area contributed by atoms with Gasteiger partial charge in [0, 0.05) is 19.0 Å². The van der Waals surface area contributed by atoms with Crippen LogP contribution in [0.15, 0.2) is 18.2 Å². The monoisotopic (exact) mass is 418 g/mol. The summed E-state index contributed by atoms with van der Waals surface area (Å²) >= 11 is 0. The van der Waals surface area contributed by atoms with E-state index in [-0.39, 0.29) is 11.9 Å². The third-order valence-electron chi connectivity index (χ3n) is 6.26. The van der Waals surface area contributed by atoms with E-state index in [1.165, 1.54) is 25.7 Å². The first-order valence-electron chi connectivity index (χ1n) is 11.7. The van der Waals surface area contributed by atoms with Crippen LogP contribution in [0.4, 0.5) is 0 Å². The molecule has 1 fully saturated rings. The molecule has 30 heavy (non-hydrogen) atoms. The van der Waals surface area contributed by atoms with Gasteiger partial charge in [0.05, 0.1) is 6.04 Å². The van der Waals surface area contributed by atoms with Crippen LogP contribution < -0.4 is 14.8 Å². The first-order valence-corrected chi connectivity index (χ1v) is 11.7. The van der Waals surface area contributed by atoms with Crippen molar-refractivity contribution in [3.8, 4) is 11.5 Å². The summed E-state index contributed by atoms with van der Waals surface area (Å²) in [5, 5.41) is 14.3. The molecule has 3 rings (SSSR count). The molecule has 2 heterocycles. The minimum absolute atomic E-state index is 0.0277. The van der Waals surface area contributed by atoms with E-state index in [2.05, 4.69) is 24.1 Å². The number of carbonyl (C=O) groups is 1. The third-order valence-corrected chi connectivity index (χ3v) is 6.26. The summed E-state index contributed by atoms with van der Waals surface area (Å²) < 4.78 is 11.3. The van der Waals surface area contributed by atoms with Gasteiger partial charge in [-0.1, -0.05) is 38.7 Å². The number of unbranched alkanes of at least 4 members (excludes halogenated alkanes) is 4. The standard InChI is InChI=1S/C24H38N2O4/c1-3-4-5-6-7-10-23(27)25-20(17-26-13-8-9-18(26)2)24(28)19-11-12-21-22(16-19)30-15-14-29-21/h11-12,16,18,20,24,28H,3-10,13-15,17H2,1-2H3,(H,25,27)/t18-,20+,24-/m0/s1. The van der Waals surface area contributed by atoms with E-state index < -0.39 is 6.10 Å². The van der Waals surface area contributed by atoms with Crippen molar-refractivity contribution >= 4 is 5.91 Å². The Morgan fingerprint density at radius 2 is 1.97 bits per heavy atom. The fourth-order valence-corrected chi connectivity index (χ4v) is 4.39. The maximum absolute atomic E-state index is 12.6. The SMILES string of the molecule is CCCCCCCC(=O)N[C@H](CN1CCC[C@@H]1C)[C@@H](O)c1ccc2c(c1)OCCO2. The highest BCUT2D eigenvalue weighted by Gasteiger charge is 2.30. The van der Waals surface area contributed by atoms with Gasteiger partial charge < -0.3 is 19.9 Å². The van der Waals surface area contributed by atoms with Gasteiger partial charge >= 0.3 is 0 Å². The molecular weight excluding hydrogens is 380 g/mol. The number of rotatable bonds is 11. The summed E-state index contributed by atoms with van der Waals surface area (Å²) in [5.41, 5.74) is 0.749. The van der Waals surface area contributed by atoms with Crippen molar-refractivity contribution in [1.82, 2.24) is 10.2 Å². The fraction of sp³-hybridized carbons (Fsp3) is 0.708. The fourth-order valence-electron chi connectivity index (χ4n) is 4.39. The normalized spacial score (nSPS) is 20.7. The van der Waals surface area contributed by atoms with Crippen LogP contribution in [0.25, 0.3) is 0 Å². The summed E-state index contributed by atoms with van der Waals surface area (Å²) in [5.74, 6) is 1.39. The Hall–Kier alpha value is -1.79. The Morgan fingerprint density at radius 1 is 1.20 bits per heavy atom. The Balaban J connectivity index is 1.64. The quantitative estimate of drug-likeness (QED) is 0.535. The molecule has 0 radical (unpaired) electrons. The third kappa shape index (κ3) is 6.35. The van der Waals surface area contributed by atoms with Gasteiger partial charge in [-0.05, 0) is 50.4 Å². The van der Waals surface area contributed by atoms with Crippen molar-refractivity contribution in [2.24, 2.45) is 0 Å². The van der Waals surface area contributed by atoms with Crippen LogP contribution in [0, 0.1) is 0 Å². The minimum Gasteiger partial charge on any atom is -0.486 e. The summed E-state index contributed by atoms with van der Waals surface area (Å²) in [6.07, 6.45) is 7.64. The molecule has 6 heteroatoms. The molecule has 0 spiro atoms. The molecular formula is C24H38N2O4. The second-order valence-electron chi connectivity index (χ2n) is 8.67. The summed E-state index contributed by atoms with van der Waals surface area (Å²) in [6.45, 7) is 7.12. The van der Waals surface area contributed by atoms with Gasteiger partial charge in [-0.2, -0.15) is 0 Å². The van der Waals surface area contributed by atoms with Gasteiger partial charge in [0.2, 0.25) is 5.91 Å². The highest BCUT2D eigenvalue weighted by atomic mass is 16.6. The number of hydrogen-bond acceptors (Lipinski definition) is 5. The summed E-state index contributed by atoms with van der Waals surface area (Å²) in [7, 11) is 0. The van der Waals surface area contributed by atoms with E-state index in [0.29, 0.717) is 43.7 Å². The van der Waals surface area contributed by atoms with Gasteiger partial charge in [0.1, 0.15) is 19.3 Å². The lowest BCUT2D eigenvalue weighted by Gasteiger charge is -2.31. The molecule has 1 saturated heterocycles. The van der Waals surface area contributed by atoms with Crippen molar-refractivity contribution < 1.29 is 19.4 Å². The largest absolute Gasteiger partial charge is 0.486 e. The second kappa shape index (κ2) is 11.6. The number of nitrogens with one attached hydrogen (secondary N) is 1. The molecule has 0 aromatic heterocycles. The summed E-state index contributed by atoms with van der Waals surface area (Å²) in [6, 6.07) is 5.69. The van der Waals surface area contributed by atoms with E-state index in [1.807, 2.05) is 18.2 Å². The molecule has 2 N–H and O–H groups in total. The van der Waals surface area contributed by atoms with Gasteiger partial charge in [0.25, 0.3) is 0 Å². The van der Waals surface area contributed by atoms with E-state index in [0.717, 1.165) is 31.4 Å². The second-order valence-corrected chi connectivity index (χ2v) is 8.67. The molecule has 168 valence electrons. The highest BCUT2D eigenvalue weighted by molar-refractivity contribution is 5.76. The van der Waals surface area contributed by atoms with Crippen LogP contribution in [-0.4, -0.2) is 54.3 Å². The van der Waals surface area contributed by atoms with Crippen LogP contribution in [0.3, 0.4) is 0 Å². The molecule has 2 aliphatic heterocycles. The lowest BCUT2D eigenvalue weighted by Crippen LogP contribution is -2.48. The zero-order valence-electron chi connectivity index (χ0n) is 18.6. The molecule has 1 aromatic carbocycles. The molecule has 1 aromatic rings. The Labute approximate surface area is 180 Å². The molecule has 3 atom stereocenters. The number of benzene rings is 1. The number of likely N-dealkylation sites (tertiary alicyclic amines) is 1. The average Bonchev–Trinajstić information content (AvgIpc) is 3.16. The number of fused-ring (bicyclic) bond motifs is 1. The number of carbonyl (C=O) groups excluding carboxylic acids is 1. The van der Waals surface area contributed by atoms with Crippen molar-refractivity contribution in [1.29, 1.82) is 0 Å². The molecule has 1 amide bonds. The van der Waals surface area contributed by atoms with Crippen LogP contribution in [0.1, 0.15) is 76.9 Å². The van der Waals surface area contributed by atoms with Crippen LogP contribution >= 0.6 is 0 Å². The van der Waals surface area contributed by atoms with Gasteiger partial charge in [-0.3, -0.25) is 9.69 Å². The van der Waals surface area contributed by atoms with Crippen LogP contribution in [0.5, 0.6) is 11.5 Å². The molecule has 0 aliphatic carbocycles. The van der Waals surface area contributed by atoms with Crippen molar-refractivity contribution in [3.05, 3.63) is 23.8 Å². The van der Waals surface area contributed by atoms with Crippen molar-refractivity contribution in [2.45, 2.75) is 83.4 Å². The van der Waals surface area contributed by atoms with Crippen molar-refractivity contribution in [3.63, 3.8) is 0 Å². The Kier molecular flexibility index (Phi) is 8.82. The minimum atomic E-state index is -0.794. The zero-order valence-corrected chi connectivity index (χ0v) is 18.6. The highest BCUT2D eigenvalue weighted by Crippen LogP contribution is 2.33. The first-order chi connectivity index (χ1) is 14.6. The molecule has 6 nitrogen and oxygen atoms in total. The number of hydrogen-bond donors (Lipinski definition) is 2. The molecule has 0 saturated carbocycles. The lowest BCUT2D eigenvalue weighted by atomic mass is 10.00. The summed E-state index contributed by atoms with van der Waals surface area (Å²) in [4.78, 5) is 15.0. The Morgan fingerprint density at radius 3 is 2.70 bits per heavy atom. The number of ether oxygens (including phenoxy) is 2. The number of aliphatic hydroxyl groups is 1. The Bertz CT molecular complexity index is 681. The van der Waals surface area contributed by atoms with E-state index in [4.69, 9.17) is 9.47 Å². The van der Waals surface area contributed by atoms with E-state index in [1.54, 1.807) is 0 Å². The predicted octanol–water partition coefficient (Wildman–Crippen LogP) is 3.82. The van der Waals surface area contributed by atoms with E-state index >= 15 is 0 Å². The maximum Gasteiger partial charge on any atom is 0.220 e. The lowest BCUT2D eigenvalue weighted by molar-refractivity contribution is -0.123. The van der Waals surface area contributed by atoms with Crippen LogP contribution in [-0.2, 0) is 4.79 Å². The predicted molar refractivity (Wildman–Crippen MR) is 118 cm³/mol. The smallest absolute Gasteiger partial charge is 0.220 e. The van der Waals surface area contributed by atoms with Gasteiger partial charge in [-0.15, -0.1) is 0 Å². The number of aliphatic hydroxyl groups excluding tert-OH is 1. The molecule has 2 aliphatic rings. The van der Waals surface area contributed by atoms with Gasteiger partial charge in [-0.25, -0.2) is 0 Å². The van der Waals surface area contributed by atoms with Crippen molar-refractivity contribution in [2.75, 3.05) is 26.3 Å². The average molecular weight is 419 g/mol. The number of amides is 1. The number of nitrogens with zero attached hydrogens (tertiary/aromatic N) is 1. The maximum atomic E-state index is 12.6. The van der Waals surface area contributed by atoms with E-state index in [9.17, 15) is 9.90 Å². The molecule has 0 unspecified atom stereocenters. The zero-order chi connectivity index (χ0) is 21.3. The van der Waals surface area contributed by atoms with Gasteiger partial charge in [0.15, 0.2) is 11.5 Å². The topological polar surface area (TPSA) is 71.0 Å². The first kappa shape index (κ1) is 22.9. The van der Waals surface area contributed by atoms with Crippen LogP contribution in [0.2, 0.25) is 0 Å².